The maximum atomic E-state index is 12.8. The highest BCUT2D eigenvalue weighted by Crippen LogP contribution is 2.24. The van der Waals surface area contributed by atoms with Crippen molar-refractivity contribution in [1.82, 2.24) is 9.78 Å². The summed E-state index contributed by atoms with van der Waals surface area (Å²) < 4.78 is 29.8. The van der Waals surface area contributed by atoms with E-state index in [9.17, 15) is 8.42 Å². The fourth-order valence-electron chi connectivity index (χ4n) is 2.85. The highest BCUT2D eigenvalue weighted by atomic mass is 32.2. The van der Waals surface area contributed by atoms with E-state index in [0.717, 1.165) is 16.8 Å². The molecule has 1 heterocycles. The number of aromatic nitrogens is 2. The third-order valence-electron chi connectivity index (χ3n) is 4.29. The van der Waals surface area contributed by atoms with Crippen molar-refractivity contribution in [2.24, 2.45) is 0 Å². The molecule has 0 spiro atoms. The zero-order valence-electron chi connectivity index (χ0n) is 14.9. The Morgan fingerprint density at radius 3 is 2.04 bits per heavy atom. The largest absolute Gasteiger partial charge is 0.399 e. The Morgan fingerprint density at radius 2 is 1.39 bits per heavy atom. The van der Waals surface area contributed by atoms with Crippen molar-refractivity contribution in [2.45, 2.75) is 4.90 Å². The summed E-state index contributed by atoms with van der Waals surface area (Å²) in [5.41, 5.74) is 9.04. The number of nitrogens with two attached hydrogens (primary N) is 1. The zero-order valence-corrected chi connectivity index (χ0v) is 15.7. The van der Waals surface area contributed by atoms with E-state index >= 15 is 0 Å². The Labute approximate surface area is 163 Å². The molecule has 0 aliphatic carbocycles. The van der Waals surface area contributed by atoms with E-state index in [1.54, 1.807) is 41.2 Å². The van der Waals surface area contributed by atoms with Crippen molar-refractivity contribution in [3.05, 3.63) is 91.1 Å². The van der Waals surface area contributed by atoms with Crippen LogP contribution in [0.5, 0.6) is 0 Å². The van der Waals surface area contributed by atoms with Crippen LogP contribution in [0.1, 0.15) is 0 Å². The predicted octanol–water partition coefficient (Wildman–Crippen LogP) is 3.92. The summed E-state index contributed by atoms with van der Waals surface area (Å²) in [6.45, 7) is 0. The molecule has 3 aromatic carbocycles. The molecule has 3 N–H and O–H groups in total. The zero-order chi connectivity index (χ0) is 19.6. The van der Waals surface area contributed by atoms with Gasteiger partial charge < -0.3 is 5.73 Å². The molecule has 0 fully saturated rings. The van der Waals surface area contributed by atoms with E-state index in [2.05, 4.69) is 9.82 Å². The number of nitrogen functional groups attached to an aromatic ring is 1. The van der Waals surface area contributed by atoms with Gasteiger partial charge in [0.1, 0.15) is 5.82 Å². The Balaban J connectivity index is 1.60. The smallest absolute Gasteiger partial charge is 0.263 e. The van der Waals surface area contributed by atoms with Crippen LogP contribution in [0.2, 0.25) is 0 Å². The average Bonchev–Trinajstić information content (AvgIpc) is 3.17. The number of benzene rings is 3. The lowest BCUT2D eigenvalue weighted by Crippen LogP contribution is -2.15. The second-order valence-corrected chi connectivity index (χ2v) is 7.90. The monoisotopic (exact) mass is 390 g/mol. The quantitative estimate of drug-likeness (QED) is 0.505. The summed E-state index contributed by atoms with van der Waals surface area (Å²) in [5, 5.41) is 4.20. The van der Waals surface area contributed by atoms with E-state index in [-0.39, 0.29) is 4.90 Å². The average molecular weight is 390 g/mol. The van der Waals surface area contributed by atoms with Crippen LogP contribution in [-0.2, 0) is 10.0 Å². The van der Waals surface area contributed by atoms with Gasteiger partial charge in [-0.2, -0.15) is 5.10 Å². The summed E-state index contributed by atoms with van der Waals surface area (Å²) in [5.74, 6) is 0.369. The van der Waals surface area contributed by atoms with Gasteiger partial charge in [0.2, 0.25) is 0 Å². The summed E-state index contributed by atoms with van der Waals surface area (Å²) in [6.07, 6.45) is 1.55. The molecule has 6 nitrogen and oxygen atoms in total. The van der Waals surface area contributed by atoms with E-state index < -0.39 is 10.0 Å². The van der Waals surface area contributed by atoms with Crippen molar-refractivity contribution in [3.63, 3.8) is 0 Å². The second-order valence-electron chi connectivity index (χ2n) is 6.22. The molecule has 140 valence electrons. The molecule has 7 heteroatoms. The van der Waals surface area contributed by atoms with Gasteiger partial charge >= 0.3 is 0 Å². The summed E-state index contributed by atoms with van der Waals surface area (Å²) >= 11 is 0. The third-order valence-corrected chi connectivity index (χ3v) is 5.66. The minimum absolute atomic E-state index is 0.174. The molecule has 4 aromatic rings. The van der Waals surface area contributed by atoms with Gasteiger partial charge in [0.05, 0.1) is 16.8 Å². The lowest BCUT2D eigenvalue weighted by molar-refractivity contribution is 0.600. The Morgan fingerprint density at radius 1 is 0.786 bits per heavy atom. The Hall–Kier alpha value is -3.58. The van der Waals surface area contributed by atoms with Gasteiger partial charge in [-0.15, -0.1) is 0 Å². The van der Waals surface area contributed by atoms with Crippen LogP contribution in [0.4, 0.5) is 11.5 Å². The molecule has 28 heavy (non-hydrogen) atoms. The molecular weight excluding hydrogens is 372 g/mol. The van der Waals surface area contributed by atoms with Gasteiger partial charge in [0, 0.05) is 11.8 Å². The normalized spacial score (nSPS) is 11.3. The first-order valence-electron chi connectivity index (χ1n) is 8.61. The minimum atomic E-state index is -3.75. The van der Waals surface area contributed by atoms with Crippen molar-refractivity contribution in [3.8, 4) is 16.8 Å². The molecule has 0 saturated heterocycles. The van der Waals surface area contributed by atoms with Crippen LogP contribution in [-0.4, -0.2) is 18.2 Å². The molecule has 0 unspecified atom stereocenters. The number of para-hydroxylation sites is 1. The summed E-state index contributed by atoms with van der Waals surface area (Å²) in [6, 6.07) is 25.1. The van der Waals surface area contributed by atoms with Crippen molar-refractivity contribution < 1.29 is 8.42 Å². The molecule has 0 bridgehead atoms. The second kappa shape index (κ2) is 7.21. The molecule has 4 rings (SSSR count). The van der Waals surface area contributed by atoms with Crippen molar-refractivity contribution in [1.29, 1.82) is 0 Å². The fourth-order valence-corrected chi connectivity index (χ4v) is 3.90. The number of sulfonamides is 1. The van der Waals surface area contributed by atoms with Gasteiger partial charge in [-0.3, -0.25) is 4.72 Å². The van der Waals surface area contributed by atoms with E-state index in [4.69, 9.17) is 5.73 Å². The number of hydrogen-bond donors (Lipinski definition) is 2. The molecule has 0 amide bonds. The van der Waals surface area contributed by atoms with E-state index in [1.165, 1.54) is 0 Å². The van der Waals surface area contributed by atoms with Crippen LogP contribution >= 0.6 is 0 Å². The van der Waals surface area contributed by atoms with Crippen molar-refractivity contribution >= 4 is 21.5 Å². The minimum Gasteiger partial charge on any atom is -0.399 e. The highest BCUT2D eigenvalue weighted by molar-refractivity contribution is 7.92. The Bertz CT molecular complexity index is 1180. The highest BCUT2D eigenvalue weighted by Gasteiger charge is 2.17. The molecule has 0 saturated carbocycles. The molecular formula is C21H18N4O2S. The Kier molecular flexibility index (Phi) is 4.58. The van der Waals surface area contributed by atoms with Crippen LogP contribution < -0.4 is 10.5 Å². The van der Waals surface area contributed by atoms with Crippen LogP contribution in [0.15, 0.2) is 96.0 Å². The maximum Gasteiger partial charge on any atom is 0.263 e. The number of hydrogen-bond acceptors (Lipinski definition) is 4. The molecule has 0 atom stereocenters. The van der Waals surface area contributed by atoms with E-state index in [0.29, 0.717) is 11.5 Å². The first-order valence-corrected chi connectivity index (χ1v) is 10.1. The predicted molar refractivity (Wildman–Crippen MR) is 111 cm³/mol. The van der Waals surface area contributed by atoms with Crippen molar-refractivity contribution in [2.75, 3.05) is 10.5 Å². The number of anilines is 2. The maximum absolute atomic E-state index is 12.8. The van der Waals surface area contributed by atoms with Gasteiger partial charge in [-0.1, -0.05) is 42.5 Å². The van der Waals surface area contributed by atoms with Gasteiger partial charge in [0.25, 0.3) is 10.0 Å². The SMILES string of the molecule is Nc1ccc(-c2ccc(S(=O)(=O)Nc3ccnn3-c3ccccc3)cc2)cc1. The number of rotatable bonds is 5. The third kappa shape index (κ3) is 3.60. The molecule has 0 aliphatic rings. The first-order chi connectivity index (χ1) is 13.5. The number of nitrogens with one attached hydrogen (secondary N) is 1. The lowest BCUT2D eigenvalue weighted by Gasteiger charge is -2.11. The fraction of sp³-hybridized carbons (Fsp3) is 0. The molecule has 0 radical (unpaired) electrons. The standard InChI is InChI=1S/C21H18N4O2S/c22-18-10-6-16(7-11-18)17-8-12-20(13-9-17)28(26,27)24-21-14-15-23-25(21)19-4-2-1-3-5-19/h1-15,24H,22H2. The van der Waals surface area contributed by atoms with Gasteiger partial charge in [-0.25, -0.2) is 13.1 Å². The van der Waals surface area contributed by atoms with Crippen LogP contribution in [0, 0.1) is 0 Å². The van der Waals surface area contributed by atoms with Gasteiger partial charge in [-0.05, 0) is 47.5 Å². The summed E-state index contributed by atoms with van der Waals surface area (Å²) in [4.78, 5) is 0.174. The van der Waals surface area contributed by atoms with E-state index in [1.807, 2.05) is 54.6 Å². The number of nitrogens with zero attached hydrogens (tertiary/aromatic N) is 2. The topological polar surface area (TPSA) is 90.0 Å². The summed E-state index contributed by atoms with van der Waals surface area (Å²) in [7, 11) is -3.75. The van der Waals surface area contributed by atoms with Crippen LogP contribution in [0.3, 0.4) is 0 Å². The molecule has 0 aliphatic heterocycles. The lowest BCUT2D eigenvalue weighted by atomic mass is 10.1. The van der Waals surface area contributed by atoms with Crippen LogP contribution in [0.25, 0.3) is 16.8 Å². The molecule has 1 aromatic heterocycles. The van der Waals surface area contributed by atoms with Gasteiger partial charge in [0.15, 0.2) is 0 Å². The first kappa shape index (κ1) is 17.8.